The molecular weight excluding hydrogens is 533 g/mol. The van der Waals surface area contributed by atoms with Crippen molar-refractivity contribution in [3.63, 3.8) is 0 Å². The summed E-state index contributed by atoms with van der Waals surface area (Å²) in [6.45, 7) is 6.84. The van der Waals surface area contributed by atoms with E-state index in [1.165, 1.54) is 12.1 Å². The Labute approximate surface area is 235 Å². The number of anilines is 2. The Hall–Kier alpha value is -4.27. The summed E-state index contributed by atoms with van der Waals surface area (Å²) in [5.41, 5.74) is 7.86. The summed E-state index contributed by atoms with van der Waals surface area (Å²) in [6, 6.07) is 13.4. The number of rotatable bonds is 7. The van der Waals surface area contributed by atoms with Crippen molar-refractivity contribution in [3.05, 3.63) is 86.3 Å². The fraction of sp³-hybridized carbons (Fsp3) is 0.321. The van der Waals surface area contributed by atoms with Crippen molar-refractivity contribution in [1.29, 1.82) is 5.26 Å². The molecule has 1 fully saturated rings. The Kier molecular flexibility index (Phi) is 7.82. The van der Waals surface area contributed by atoms with E-state index in [-0.39, 0.29) is 28.7 Å². The predicted octanol–water partition coefficient (Wildman–Crippen LogP) is 3.76. The molecule has 1 aliphatic heterocycles. The monoisotopic (exact) mass is 561 g/mol. The minimum absolute atomic E-state index is 0.0433. The van der Waals surface area contributed by atoms with Crippen molar-refractivity contribution < 1.29 is 4.39 Å². The second-order valence-electron chi connectivity index (χ2n) is 9.68. The molecule has 0 spiro atoms. The molecule has 0 amide bonds. The van der Waals surface area contributed by atoms with Crippen LogP contribution in [0.25, 0.3) is 10.9 Å². The van der Waals surface area contributed by atoms with E-state index in [0.29, 0.717) is 66.6 Å². The number of nitriles is 1. The highest BCUT2D eigenvalue weighted by Gasteiger charge is 2.27. The van der Waals surface area contributed by atoms with Gasteiger partial charge in [0.2, 0.25) is 5.95 Å². The maximum atomic E-state index is 14.0. The molecule has 2 aromatic heterocycles. The van der Waals surface area contributed by atoms with Crippen molar-refractivity contribution in [1.82, 2.24) is 24.5 Å². The number of hydrogen-bond acceptors (Lipinski definition) is 9. The molecule has 4 aromatic rings. The molecule has 1 aliphatic rings. The minimum atomic E-state index is -0.478. The smallest absolute Gasteiger partial charge is 0.281 e. The molecule has 3 heterocycles. The molecule has 206 valence electrons. The lowest BCUT2D eigenvalue weighted by Gasteiger charge is -2.38. The van der Waals surface area contributed by atoms with Gasteiger partial charge in [-0.2, -0.15) is 10.2 Å². The second kappa shape index (κ2) is 11.5. The van der Waals surface area contributed by atoms with E-state index >= 15 is 0 Å². The van der Waals surface area contributed by atoms with E-state index in [4.69, 9.17) is 22.3 Å². The van der Waals surface area contributed by atoms with Gasteiger partial charge in [-0.25, -0.2) is 19.0 Å². The summed E-state index contributed by atoms with van der Waals surface area (Å²) in [4.78, 5) is 29.5. The van der Waals surface area contributed by atoms with E-state index in [1.54, 1.807) is 41.9 Å². The third-order valence-corrected chi connectivity index (χ3v) is 7.37. The number of benzene rings is 2. The van der Waals surface area contributed by atoms with Gasteiger partial charge >= 0.3 is 0 Å². The number of aromatic nitrogens is 4. The molecule has 10 nitrogen and oxygen atoms in total. The fourth-order valence-corrected chi connectivity index (χ4v) is 5.24. The first kappa shape index (κ1) is 27.3. The highest BCUT2D eigenvalue weighted by Crippen LogP contribution is 2.27. The van der Waals surface area contributed by atoms with Crippen LogP contribution in [0.2, 0.25) is 5.02 Å². The number of nitrogens with two attached hydrogens (primary N) is 1. The number of halogens is 2. The number of nitrogens with zero attached hydrogens (tertiary/aromatic N) is 7. The molecule has 5 rings (SSSR count). The second-order valence-corrected chi connectivity index (χ2v) is 10.1. The highest BCUT2D eigenvalue weighted by atomic mass is 35.5. The van der Waals surface area contributed by atoms with E-state index in [2.05, 4.69) is 26.3 Å². The molecule has 2 aromatic carbocycles. The van der Waals surface area contributed by atoms with Crippen molar-refractivity contribution in [2.24, 2.45) is 0 Å². The van der Waals surface area contributed by atoms with Crippen LogP contribution in [0.15, 0.2) is 47.3 Å². The van der Waals surface area contributed by atoms with Gasteiger partial charge in [0.1, 0.15) is 23.3 Å². The Balaban J connectivity index is 1.51. The van der Waals surface area contributed by atoms with Crippen molar-refractivity contribution in [3.8, 4) is 6.07 Å². The summed E-state index contributed by atoms with van der Waals surface area (Å²) in [5, 5.41) is 15.7. The number of hydrogen-bond donors (Lipinski definition) is 2. The molecule has 1 unspecified atom stereocenters. The van der Waals surface area contributed by atoms with Gasteiger partial charge in [-0.1, -0.05) is 36.7 Å². The zero-order valence-corrected chi connectivity index (χ0v) is 23.0. The topological polar surface area (TPSA) is 129 Å². The quantitative estimate of drug-likeness (QED) is 0.346. The third kappa shape index (κ3) is 5.41. The molecular formula is C28H29ClFN9O. The molecule has 0 aliphatic carbocycles. The Morgan fingerprint density at radius 3 is 2.52 bits per heavy atom. The van der Waals surface area contributed by atoms with E-state index in [1.807, 2.05) is 11.9 Å². The summed E-state index contributed by atoms with van der Waals surface area (Å²) >= 11 is 6.48. The molecule has 1 saturated heterocycles. The summed E-state index contributed by atoms with van der Waals surface area (Å²) in [7, 11) is 0. The van der Waals surface area contributed by atoms with Gasteiger partial charge < -0.3 is 16.1 Å². The summed E-state index contributed by atoms with van der Waals surface area (Å²) < 4.78 is 14.9. The molecule has 0 radical (unpaired) electrons. The minimum Gasteiger partial charge on any atom is -0.368 e. The average Bonchev–Trinajstić information content (AvgIpc) is 2.93. The standard InChI is InChI=1S/C28H29ClFN9O/c1-3-22(34-25-20(15-31)17(2)33-28(32)36-25)26-35-23-6-4-5-21(29)24(23)27(40)39(26)38-13-11-37(12-14-38)16-18-7-9-19(30)10-8-18/h4-10,22H,3,11-14,16H2,1-2H3,(H3,32,33,34,36). The summed E-state index contributed by atoms with van der Waals surface area (Å²) in [6.07, 6.45) is 0.539. The van der Waals surface area contributed by atoms with Crippen LogP contribution >= 0.6 is 11.6 Å². The van der Waals surface area contributed by atoms with Crippen molar-refractivity contribution in [2.75, 3.05) is 42.2 Å². The van der Waals surface area contributed by atoms with Crippen molar-refractivity contribution >= 4 is 34.3 Å². The first-order valence-electron chi connectivity index (χ1n) is 13.0. The first-order chi connectivity index (χ1) is 19.3. The molecule has 0 bridgehead atoms. The fourth-order valence-electron chi connectivity index (χ4n) is 4.99. The molecule has 40 heavy (non-hydrogen) atoms. The van der Waals surface area contributed by atoms with Crippen LogP contribution in [0.4, 0.5) is 16.2 Å². The Morgan fingerprint density at radius 1 is 1.12 bits per heavy atom. The average molecular weight is 562 g/mol. The lowest BCUT2D eigenvalue weighted by Crippen LogP contribution is -2.55. The van der Waals surface area contributed by atoms with Gasteiger partial charge in [-0.3, -0.25) is 9.69 Å². The lowest BCUT2D eigenvalue weighted by atomic mass is 10.1. The third-order valence-electron chi connectivity index (χ3n) is 7.05. The maximum Gasteiger partial charge on any atom is 0.281 e. The summed E-state index contributed by atoms with van der Waals surface area (Å²) in [5.74, 6) is 0.550. The van der Waals surface area contributed by atoms with Crippen molar-refractivity contribution in [2.45, 2.75) is 32.9 Å². The van der Waals surface area contributed by atoms with Crippen LogP contribution in [-0.2, 0) is 6.54 Å². The van der Waals surface area contributed by atoms with Gasteiger partial charge in [0.15, 0.2) is 5.82 Å². The van der Waals surface area contributed by atoms with Gasteiger partial charge in [0.05, 0.1) is 27.7 Å². The SMILES string of the molecule is CCC(Nc1nc(N)nc(C)c1C#N)c1nc2cccc(Cl)c2c(=O)n1N1CCN(Cc2ccc(F)cc2)CC1. The molecule has 0 saturated carbocycles. The van der Waals surface area contributed by atoms with E-state index in [9.17, 15) is 14.4 Å². The first-order valence-corrected chi connectivity index (χ1v) is 13.4. The lowest BCUT2D eigenvalue weighted by molar-refractivity contribution is 0.229. The van der Waals surface area contributed by atoms with Gasteiger partial charge in [-0.15, -0.1) is 0 Å². The zero-order valence-electron chi connectivity index (χ0n) is 22.2. The van der Waals surface area contributed by atoms with Crippen LogP contribution in [0.1, 0.15) is 42.0 Å². The highest BCUT2D eigenvalue weighted by molar-refractivity contribution is 6.35. The number of nitrogen functional groups attached to an aromatic ring is 1. The maximum absolute atomic E-state index is 14.0. The van der Waals surface area contributed by atoms with Gasteiger partial charge in [0, 0.05) is 32.7 Å². The van der Waals surface area contributed by atoms with Gasteiger partial charge in [-0.05, 0) is 43.2 Å². The molecule has 12 heteroatoms. The number of piperazine rings is 1. The Morgan fingerprint density at radius 2 is 1.85 bits per heavy atom. The normalized spacial score (nSPS) is 14.7. The van der Waals surface area contributed by atoms with Crippen LogP contribution < -0.4 is 21.6 Å². The number of aryl methyl sites for hydroxylation is 1. The predicted molar refractivity (Wildman–Crippen MR) is 153 cm³/mol. The van der Waals surface area contributed by atoms with Crippen LogP contribution in [0, 0.1) is 24.1 Å². The largest absolute Gasteiger partial charge is 0.368 e. The zero-order chi connectivity index (χ0) is 28.4. The van der Waals surface area contributed by atoms with Crippen LogP contribution in [0.5, 0.6) is 0 Å². The number of fused-ring (bicyclic) bond motifs is 1. The van der Waals surface area contributed by atoms with E-state index < -0.39 is 6.04 Å². The van der Waals surface area contributed by atoms with Gasteiger partial charge in [0.25, 0.3) is 5.56 Å². The molecule has 1 atom stereocenters. The van der Waals surface area contributed by atoms with Crippen LogP contribution in [0.3, 0.4) is 0 Å². The van der Waals surface area contributed by atoms with Crippen LogP contribution in [-0.4, -0.2) is 50.7 Å². The Bertz CT molecular complexity index is 1640. The van der Waals surface area contributed by atoms with E-state index in [0.717, 1.165) is 5.56 Å². The molecule has 3 N–H and O–H groups in total. The number of nitrogens with one attached hydrogen (secondary N) is 1.